The van der Waals surface area contributed by atoms with Gasteiger partial charge in [-0.2, -0.15) is 9.97 Å². The van der Waals surface area contributed by atoms with Crippen LogP contribution in [0.15, 0.2) is 6.07 Å². The molecule has 0 aliphatic carbocycles. The van der Waals surface area contributed by atoms with Crippen molar-refractivity contribution in [3.63, 3.8) is 0 Å². The predicted molar refractivity (Wildman–Crippen MR) is 68.2 cm³/mol. The summed E-state index contributed by atoms with van der Waals surface area (Å²) in [6.07, 6.45) is 1.82. The summed E-state index contributed by atoms with van der Waals surface area (Å²) in [7, 11) is 3.11. The number of rotatable bonds is 7. The molecule has 0 bridgehead atoms. The molecular formula is C11H18ClN3O2. The molecule has 1 heterocycles. The zero-order valence-electron chi connectivity index (χ0n) is 10.4. The first-order valence-corrected chi connectivity index (χ1v) is 6.06. The quantitative estimate of drug-likeness (QED) is 0.762. The van der Waals surface area contributed by atoms with Crippen LogP contribution in [0.1, 0.15) is 19.8 Å². The molecule has 0 radical (unpaired) electrons. The van der Waals surface area contributed by atoms with Crippen LogP contribution in [0.4, 0.5) is 5.95 Å². The first-order chi connectivity index (χ1) is 8.23. The lowest BCUT2D eigenvalue weighted by Crippen LogP contribution is -2.20. The largest absolute Gasteiger partial charge is 0.481 e. The number of halogens is 1. The molecule has 5 nitrogen and oxygen atoms in total. The highest BCUT2D eigenvalue weighted by Crippen LogP contribution is 2.18. The van der Waals surface area contributed by atoms with Crippen LogP contribution in [-0.2, 0) is 0 Å². The Balaban J connectivity index is 2.81. The van der Waals surface area contributed by atoms with Gasteiger partial charge in [-0.05, 0) is 12.8 Å². The molecule has 0 saturated carbocycles. The number of aromatic nitrogens is 2. The number of alkyl halides is 1. The van der Waals surface area contributed by atoms with E-state index in [4.69, 9.17) is 21.1 Å². The standard InChI is InChI=1S/C11H18ClN3O2/c1-4-8(5-6-12)13-11-14-9(16-2)7-10(15-11)17-3/h7-8H,4-6H2,1-3H3,(H,13,14,15). The maximum absolute atomic E-state index is 5.73. The van der Waals surface area contributed by atoms with Gasteiger partial charge >= 0.3 is 0 Å². The summed E-state index contributed by atoms with van der Waals surface area (Å²) in [5, 5.41) is 3.21. The summed E-state index contributed by atoms with van der Waals surface area (Å²) < 4.78 is 10.2. The van der Waals surface area contributed by atoms with Crippen molar-refractivity contribution in [3.8, 4) is 11.8 Å². The molecule has 0 amide bonds. The summed E-state index contributed by atoms with van der Waals surface area (Å²) in [4.78, 5) is 8.40. The second kappa shape index (κ2) is 7.17. The predicted octanol–water partition coefficient (Wildman–Crippen LogP) is 2.31. The molecule has 17 heavy (non-hydrogen) atoms. The number of ether oxygens (including phenoxy) is 2. The Morgan fingerprint density at radius 1 is 1.29 bits per heavy atom. The van der Waals surface area contributed by atoms with Crippen LogP contribution < -0.4 is 14.8 Å². The third-order valence-electron chi connectivity index (χ3n) is 2.38. The highest BCUT2D eigenvalue weighted by molar-refractivity contribution is 6.17. The minimum atomic E-state index is 0.254. The molecule has 0 saturated heterocycles. The molecule has 0 fully saturated rings. The van der Waals surface area contributed by atoms with E-state index in [0.717, 1.165) is 12.8 Å². The topological polar surface area (TPSA) is 56.3 Å². The van der Waals surface area contributed by atoms with E-state index < -0.39 is 0 Å². The molecule has 96 valence electrons. The van der Waals surface area contributed by atoms with Crippen LogP contribution in [-0.4, -0.2) is 36.1 Å². The Morgan fingerprint density at radius 2 is 1.88 bits per heavy atom. The Morgan fingerprint density at radius 3 is 2.29 bits per heavy atom. The second-order valence-corrected chi connectivity index (χ2v) is 3.88. The summed E-state index contributed by atoms with van der Waals surface area (Å²) in [6, 6.07) is 1.89. The third kappa shape index (κ3) is 4.26. The van der Waals surface area contributed by atoms with Gasteiger partial charge in [0.05, 0.1) is 20.3 Å². The Hall–Kier alpha value is -1.23. The van der Waals surface area contributed by atoms with Gasteiger partial charge in [-0.1, -0.05) is 6.92 Å². The highest BCUT2D eigenvalue weighted by Gasteiger charge is 2.10. The van der Waals surface area contributed by atoms with Crippen LogP contribution in [0.5, 0.6) is 11.8 Å². The molecule has 1 rings (SSSR count). The lowest BCUT2D eigenvalue weighted by atomic mass is 10.2. The minimum absolute atomic E-state index is 0.254. The Bertz CT molecular complexity index is 327. The lowest BCUT2D eigenvalue weighted by Gasteiger charge is -2.16. The van der Waals surface area contributed by atoms with E-state index in [1.165, 1.54) is 0 Å². The van der Waals surface area contributed by atoms with Crippen molar-refractivity contribution >= 4 is 17.5 Å². The molecular weight excluding hydrogens is 242 g/mol. The molecule has 1 aromatic heterocycles. The van der Waals surface area contributed by atoms with Crippen molar-refractivity contribution in [2.45, 2.75) is 25.8 Å². The fourth-order valence-electron chi connectivity index (χ4n) is 1.37. The van der Waals surface area contributed by atoms with Gasteiger partial charge in [-0.25, -0.2) is 0 Å². The van der Waals surface area contributed by atoms with Crippen LogP contribution >= 0.6 is 11.6 Å². The number of nitrogens with one attached hydrogen (secondary N) is 1. The number of methoxy groups -OCH3 is 2. The highest BCUT2D eigenvalue weighted by atomic mass is 35.5. The van der Waals surface area contributed by atoms with E-state index in [2.05, 4.69) is 22.2 Å². The molecule has 6 heteroatoms. The van der Waals surface area contributed by atoms with Crippen LogP contribution in [0.2, 0.25) is 0 Å². The zero-order valence-corrected chi connectivity index (χ0v) is 11.1. The normalized spacial score (nSPS) is 12.0. The lowest BCUT2D eigenvalue weighted by molar-refractivity contribution is 0.372. The summed E-state index contributed by atoms with van der Waals surface area (Å²) >= 11 is 5.73. The van der Waals surface area contributed by atoms with E-state index >= 15 is 0 Å². The number of nitrogens with zero attached hydrogens (tertiary/aromatic N) is 2. The van der Waals surface area contributed by atoms with Gasteiger partial charge in [0.1, 0.15) is 0 Å². The number of hydrogen-bond acceptors (Lipinski definition) is 5. The number of hydrogen-bond donors (Lipinski definition) is 1. The van der Waals surface area contributed by atoms with Crippen molar-refractivity contribution in [1.29, 1.82) is 0 Å². The van der Waals surface area contributed by atoms with Gasteiger partial charge in [-0.3, -0.25) is 0 Å². The SMILES string of the molecule is CCC(CCCl)Nc1nc(OC)cc(OC)n1. The molecule has 1 atom stereocenters. The Labute approximate surface area is 107 Å². The molecule has 1 aromatic rings. The molecule has 1 unspecified atom stereocenters. The first-order valence-electron chi connectivity index (χ1n) is 5.53. The van der Waals surface area contributed by atoms with Crippen LogP contribution in [0, 0.1) is 0 Å². The first kappa shape index (κ1) is 13.8. The van der Waals surface area contributed by atoms with E-state index in [0.29, 0.717) is 23.6 Å². The van der Waals surface area contributed by atoms with Crippen molar-refractivity contribution in [2.24, 2.45) is 0 Å². The maximum Gasteiger partial charge on any atom is 0.229 e. The summed E-state index contributed by atoms with van der Waals surface area (Å²) in [5.41, 5.74) is 0. The maximum atomic E-state index is 5.73. The van der Waals surface area contributed by atoms with Crippen molar-refractivity contribution in [2.75, 3.05) is 25.4 Å². The van der Waals surface area contributed by atoms with E-state index in [1.54, 1.807) is 20.3 Å². The second-order valence-electron chi connectivity index (χ2n) is 3.50. The third-order valence-corrected chi connectivity index (χ3v) is 2.60. The molecule has 1 N–H and O–H groups in total. The molecule has 0 aromatic carbocycles. The van der Waals surface area contributed by atoms with E-state index in [1.807, 2.05) is 0 Å². The zero-order chi connectivity index (χ0) is 12.7. The molecule has 0 spiro atoms. The fraction of sp³-hybridized carbons (Fsp3) is 0.636. The van der Waals surface area contributed by atoms with Crippen molar-refractivity contribution < 1.29 is 9.47 Å². The number of anilines is 1. The smallest absolute Gasteiger partial charge is 0.229 e. The monoisotopic (exact) mass is 259 g/mol. The van der Waals surface area contributed by atoms with Gasteiger partial charge in [0.25, 0.3) is 0 Å². The molecule has 0 aliphatic rings. The van der Waals surface area contributed by atoms with Gasteiger partial charge in [-0.15, -0.1) is 11.6 Å². The van der Waals surface area contributed by atoms with Crippen LogP contribution in [0.25, 0.3) is 0 Å². The van der Waals surface area contributed by atoms with Crippen molar-refractivity contribution in [3.05, 3.63) is 6.07 Å². The van der Waals surface area contributed by atoms with Gasteiger partial charge in [0.15, 0.2) is 0 Å². The molecule has 0 aliphatic heterocycles. The fourth-order valence-corrected chi connectivity index (χ4v) is 1.63. The van der Waals surface area contributed by atoms with Gasteiger partial charge in [0, 0.05) is 11.9 Å². The minimum Gasteiger partial charge on any atom is -0.481 e. The summed E-state index contributed by atoms with van der Waals surface area (Å²) in [5.74, 6) is 2.05. The van der Waals surface area contributed by atoms with Gasteiger partial charge in [0.2, 0.25) is 17.7 Å². The average Bonchev–Trinajstić information content (AvgIpc) is 2.37. The van der Waals surface area contributed by atoms with Crippen molar-refractivity contribution in [1.82, 2.24) is 9.97 Å². The summed E-state index contributed by atoms with van der Waals surface area (Å²) in [6.45, 7) is 2.08. The Kier molecular flexibility index (Phi) is 5.83. The van der Waals surface area contributed by atoms with Gasteiger partial charge < -0.3 is 14.8 Å². The van der Waals surface area contributed by atoms with E-state index in [-0.39, 0.29) is 6.04 Å². The van der Waals surface area contributed by atoms with E-state index in [9.17, 15) is 0 Å². The average molecular weight is 260 g/mol. The van der Waals surface area contributed by atoms with Crippen LogP contribution in [0.3, 0.4) is 0 Å².